The number of halogens is 2. The van der Waals surface area contributed by atoms with Gasteiger partial charge in [0.05, 0.1) is 5.56 Å². The molecule has 0 saturated carbocycles. The summed E-state index contributed by atoms with van der Waals surface area (Å²) in [6.07, 6.45) is 0.899. The Labute approximate surface area is 110 Å². The van der Waals surface area contributed by atoms with Crippen LogP contribution < -0.4 is 5.73 Å². The van der Waals surface area contributed by atoms with Crippen molar-refractivity contribution in [2.75, 3.05) is 13.1 Å². The summed E-state index contributed by atoms with van der Waals surface area (Å²) in [5.41, 5.74) is 6.49. The van der Waals surface area contributed by atoms with E-state index in [-0.39, 0.29) is 24.4 Å². The smallest absolute Gasteiger partial charge is 0.255 e. The minimum atomic E-state index is 0. The Morgan fingerprint density at radius 3 is 2.69 bits per heavy atom. The van der Waals surface area contributed by atoms with Crippen molar-refractivity contribution in [2.24, 2.45) is 5.73 Å². The van der Waals surface area contributed by atoms with Crippen LogP contribution >= 0.6 is 28.3 Å². The van der Waals surface area contributed by atoms with E-state index >= 15 is 0 Å². The molecule has 1 amide bonds. The van der Waals surface area contributed by atoms with Gasteiger partial charge in [0, 0.05) is 23.6 Å². The summed E-state index contributed by atoms with van der Waals surface area (Å²) in [6, 6.07) is 7.61. The zero-order valence-corrected chi connectivity index (χ0v) is 11.1. The Bertz CT molecular complexity index is 386. The molecular formula is C11H14BrClN2O. The van der Waals surface area contributed by atoms with Gasteiger partial charge in [-0.25, -0.2) is 0 Å². The average molecular weight is 306 g/mol. The van der Waals surface area contributed by atoms with Gasteiger partial charge >= 0.3 is 0 Å². The normalized spacial score (nSPS) is 19.4. The average Bonchev–Trinajstić information content (AvgIpc) is 2.65. The molecule has 0 radical (unpaired) electrons. The van der Waals surface area contributed by atoms with Crippen LogP contribution in [0.25, 0.3) is 0 Å². The van der Waals surface area contributed by atoms with Gasteiger partial charge < -0.3 is 10.6 Å². The van der Waals surface area contributed by atoms with Gasteiger partial charge in [-0.05, 0) is 34.5 Å². The SMILES string of the molecule is Cl.N[C@@H]1CCN(C(=O)c2ccccc2Br)C1. The van der Waals surface area contributed by atoms with E-state index in [9.17, 15) is 4.79 Å². The maximum atomic E-state index is 12.1. The van der Waals surface area contributed by atoms with E-state index in [1.807, 2.05) is 29.2 Å². The zero-order valence-electron chi connectivity index (χ0n) is 8.73. The highest BCUT2D eigenvalue weighted by molar-refractivity contribution is 9.10. The van der Waals surface area contributed by atoms with Gasteiger partial charge in [-0.15, -0.1) is 12.4 Å². The lowest BCUT2D eigenvalue weighted by Gasteiger charge is -2.16. The molecule has 5 heteroatoms. The van der Waals surface area contributed by atoms with Gasteiger partial charge in [0.15, 0.2) is 0 Å². The van der Waals surface area contributed by atoms with Crippen molar-refractivity contribution in [1.29, 1.82) is 0 Å². The molecule has 1 saturated heterocycles. The maximum absolute atomic E-state index is 12.1. The molecule has 1 atom stereocenters. The lowest BCUT2D eigenvalue weighted by molar-refractivity contribution is 0.0790. The summed E-state index contributed by atoms with van der Waals surface area (Å²) in [6.45, 7) is 1.43. The van der Waals surface area contributed by atoms with Gasteiger partial charge in [-0.2, -0.15) is 0 Å². The quantitative estimate of drug-likeness (QED) is 0.863. The number of carbonyl (C=O) groups is 1. The largest absolute Gasteiger partial charge is 0.337 e. The molecule has 1 fully saturated rings. The van der Waals surface area contributed by atoms with Crippen molar-refractivity contribution < 1.29 is 4.79 Å². The summed E-state index contributed by atoms with van der Waals surface area (Å²) >= 11 is 3.38. The molecule has 1 aliphatic heterocycles. The maximum Gasteiger partial charge on any atom is 0.255 e. The van der Waals surface area contributed by atoms with E-state index in [0.717, 1.165) is 17.4 Å². The molecule has 3 nitrogen and oxygen atoms in total. The van der Waals surface area contributed by atoms with Crippen molar-refractivity contribution in [3.63, 3.8) is 0 Å². The Balaban J connectivity index is 0.00000128. The van der Waals surface area contributed by atoms with Crippen LogP contribution in [0.1, 0.15) is 16.8 Å². The van der Waals surface area contributed by atoms with Crippen LogP contribution in [0, 0.1) is 0 Å². The molecule has 0 unspecified atom stereocenters. The van der Waals surface area contributed by atoms with Gasteiger partial charge in [0.1, 0.15) is 0 Å². The first-order valence-corrected chi connectivity index (χ1v) is 5.77. The minimum absolute atomic E-state index is 0. The Morgan fingerprint density at radius 1 is 1.44 bits per heavy atom. The number of nitrogens with two attached hydrogens (primary N) is 1. The van der Waals surface area contributed by atoms with E-state index in [1.165, 1.54) is 0 Å². The summed E-state index contributed by atoms with van der Waals surface area (Å²) in [4.78, 5) is 13.9. The van der Waals surface area contributed by atoms with Crippen LogP contribution in [-0.2, 0) is 0 Å². The number of carbonyl (C=O) groups excluding carboxylic acids is 1. The predicted molar refractivity (Wildman–Crippen MR) is 69.9 cm³/mol. The third-order valence-corrected chi connectivity index (χ3v) is 3.31. The first kappa shape index (κ1) is 13.5. The molecule has 1 aromatic rings. The number of amides is 1. The molecule has 1 heterocycles. The van der Waals surface area contributed by atoms with Gasteiger partial charge in [-0.3, -0.25) is 4.79 Å². The van der Waals surface area contributed by atoms with Crippen molar-refractivity contribution >= 4 is 34.2 Å². The summed E-state index contributed by atoms with van der Waals surface area (Å²) in [7, 11) is 0. The molecule has 0 aromatic heterocycles. The van der Waals surface area contributed by atoms with Crippen molar-refractivity contribution in [3.05, 3.63) is 34.3 Å². The lowest BCUT2D eigenvalue weighted by Crippen LogP contribution is -2.32. The van der Waals surface area contributed by atoms with Crippen LogP contribution in [0.5, 0.6) is 0 Å². The second-order valence-corrected chi connectivity index (χ2v) is 4.63. The number of nitrogens with zero attached hydrogens (tertiary/aromatic N) is 1. The Morgan fingerprint density at radius 2 is 2.12 bits per heavy atom. The monoisotopic (exact) mass is 304 g/mol. The van der Waals surface area contributed by atoms with Crippen molar-refractivity contribution in [1.82, 2.24) is 4.90 Å². The molecule has 16 heavy (non-hydrogen) atoms. The first-order chi connectivity index (χ1) is 7.18. The molecular weight excluding hydrogens is 291 g/mol. The number of hydrogen-bond donors (Lipinski definition) is 1. The van der Waals surface area contributed by atoms with Crippen LogP contribution in [0.2, 0.25) is 0 Å². The second kappa shape index (κ2) is 5.66. The fourth-order valence-electron chi connectivity index (χ4n) is 1.78. The lowest BCUT2D eigenvalue weighted by atomic mass is 10.2. The van der Waals surface area contributed by atoms with Crippen LogP contribution in [0.3, 0.4) is 0 Å². The van der Waals surface area contributed by atoms with Crippen molar-refractivity contribution in [2.45, 2.75) is 12.5 Å². The molecule has 2 rings (SSSR count). The highest BCUT2D eigenvalue weighted by Crippen LogP contribution is 2.19. The molecule has 0 aliphatic carbocycles. The summed E-state index contributed by atoms with van der Waals surface area (Å²) < 4.78 is 0.843. The fourth-order valence-corrected chi connectivity index (χ4v) is 2.23. The van der Waals surface area contributed by atoms with E-state index < -0.39 is 0 Å². The second-order valence-electron chi connectivity index (χ2n) is 3.78. The van der Waals surface area contributed by atoms with Crippen molar-refractivity contribution in [3.8, 4) is 0 Å². The van der Waals surface area contributed by atoms with Gasteiger partial charge in [0.25, 0.3) is 5.91 Å². The molecule has 0 bridgehead atoms. The highest BCUT2D eigenvalue weighted by Gasteiger charge is 2.25. The van der Waals surface area contributed by atoms with E-state index in [4.69, 9.17) is 5.73 Å². The van der Waals surface area contributed by atoms with Gasteiger partial charge in [0.2, 0.25) is 0 Å². The van der Waals surface area contributed by atoms with E-state index in [2.05, 4.69) is 15.9 Å². The third kappa shape index (κ3) is 2.75. The zero-order chi connectivity index (χ0) is 10.8. The summed E-state index contributed by atoms with van der Waals surface area (Å²) in [5.74, 6) is 0.0652. The number of likely N-dealkylation sites (tertiary alicyclic amines) is 1. The first-order valence-electron chi connectivity index (χ1n) is 4.98. The van der Waals surface area contributed by atoms with Crippen LogP contribution in [-0.4, -0.2) is 29.9 Å². The molecule has 0 spiro atoms. The minimum Gasteiger partial charge on any atom is -0.337 e. The molecule has 88 valence electrons. The highest BCUT2D eigenvalue weighted by atomic mass is 79.9. The number of hydrogen-bond acceptors (Lipinski definition) is 2. The Hall–Kier alpha value is -0.580. The molecule has 1 aliphatic rings. The number of rotatable bonds is 1. The van der Waals surface area contributed by atoms with E-state index in [1.54, 1.807) is 0 Å². The third-order valence-electron chi connectivity index (χ3n) is 2.62. The molecule has 1 aromatic carbocycles. The Kier molecular flexibility index (Phi) is 4.77. The van der Waals surface area contributed by atoms with E-state index in [0.29, 0.717) is 12.1 Å². The fraction of sp³-hybridized carbons (Fsp3) is 0.364. The van der Waals surface area contributed by atoms with Crippen LogP contribution in [0.4, 0.5) is 0 Å². The van der Waals surface area contributed by atoms with Crippen LogP contribution in [0.15, 0.2) is 28.7 Å². The summed E-state index contributed by atoms with van der Waals surface area (Å²) in [5, 5.41) is 0. The topological polar surface area (TPSA) is 46.3 Å². The predicted octanol–water partition coefficient (Wildman–Crippen LogP) is 2.04. The van der Waals surface area contributed by atoms with Gasteiger partial charge in [-0.1, -0.05) is 12.1 Å². The number of benzene rings is 1. The standard InChI is InChI=1S/C11H13BrN2O.ClH/c12-10-4-2-1-3-9(10)11(15)14-6-5-8(13)7-14;/h1-4,8H,5-7,13H2;1H/t8-;/m1./s1. The molecule has 2 N–H and O–H groups in total.